The van der Waals surface area contributed by atoms with Crippen molar-refractivity contribution in [3.63, 3.8) is 0 Å². The van der Waals surface area contributed by atoms with Gasteiger partial charge in [0, 0.05) is 17.0 Å². The summed E-state index contributed by atoms with van der Waals surface area (Å²) < 4.78 is 12.4. The number of benzene rings is 2. The number of nitrogens with two attached hydrogens (primary N) is 2. The molecule has 1 unspecified atom stereocenters. The number of aliphatic hydroxyl groups excluding tert-OH is 2. The molecule has 0 fully saturated rings. The number of hydrazine groups is 1. The van der Waals surface area contributed by atoms with Crippen molar-refractivity contribution < 1.29 is 19.7 Å². The van der Waals surface area contributed by atoms with Crippen molar-refractivity contribution in [3.05, 3.63) is 69.5 Å². The van der Waals surface area contributed by atoms with Gasteiger partial charge in [-0.3, -0.25) is 0 Å². The first kappa shape index (κ1) is 28.3. The van der Waals surface area contributed by atoms with Gasteiger partial charge in [-0.05, 0) is 64.7 Å². The molecule has 0 saturated heterocycles. The first-order valence-corrected chi connectivity index (χ1v) is 12.4. The lowest BCUT2D eigenvalue weighted by Crippen LogP contribution is -2.40. The van der Waals surface area contributed by atoms with Gasteiger partial charge in [0.1, 0.15) is 24.2 Å². The second-order valence-corrected chi connectivity index (χ2v) is 9.80. The zero-order valence-corrected chi connectivity index (χ0v) is 22.3. The van der Waals surface area contributed by atoms with E-state index < -0.39 is 6.10 Å². The van der Waals surface area contributed by atoms with Crippen molar-refractivity contribution in [1.29, 1.82) is 0 Å². The molecule has 0 spiro atoms. The van der Waals surface area contributed by atoms with E-state index in [1.807, 2.05) is 30.3 Å². The van der Waals surface area contributed by atoms with E-state index >= 15 is 0 Å². The maximum absolute atomic E-state index is 10.2. The zero-order valence-electron chi connectivity index (χ0n) is 19.9. The van der Waals surface area contributed by atoms with Crippen LogP contribution in [0.4, 0.5) is 0 Å². The summed E-state index contributed by atoms with van der Waals surface area (Å²) in [6, 6.07) is 13.9. The van der Waals surface area contributed by atoms with Gasteiger partial charge in [-0.25, -0.2) is 5.84 Å². The third kappa shape index (κ3) is 7.78. The molecule has 0 radical (unpaired) electrons. The molecule has 0 heterocycles. The van der Waals surface area contributed by atoms with Crippen molar-refractivity contribution >= 4 is 27.5 Å². The van der Waals surface area contributed by atoms with Crippen LogP contribution >= 0.6 is 27.5 Å². The molecule has 0 bridgehead atoms. The van der Waals surface area contributed by atoms with Crippen molar-refractivity contribution in [2.24, 2.45) is 11.6 Å². The van der Waals surface area contributed by atoms with Crippen LogP contribution in [0.2, 0.25) is 0 Å². The average molecular weight is 557 g/mol. The van der Waals surface area contributed by atoms with Gasteiger partial charge in [-0.15, -0.1) is 11.6 Å². The highest BCUT2D eigenvalue weighted by atomic mass is 79.9. The molecule has 0 amide bonds. The number of hydrogen-bond acceptors (Lipinski definition) is 7. The average Bonchev–Trinajstić information content (AvgIpc) is 2.83. The molecule has 2 rings (SSSR count). The molecule has 6 N–H and O–H groups in total. The monoisotopic (exact) mass is 555 g/mol. The number of ether oxygens (including phenoxy) is 2. The van der Waals surface area contributed by atoms with Crippen LogP contribution in [-0.2, 0) is 5.41 Å². The van der Waals surface area contributed by atoms with E-state index in [4.69, 9.17) is 37.8 Å². The summed E-state index contributed by atoms with van der Waals surface area (Å²) in [6.07, 6.45) is -0.0308. The van der Waals surface area contributed by atoms with Crippen LogP contribution in [0.5, 0.6) is 11.5 Å². The Labute approximate surface area is 215 Å². The van der Waals surface area contributed by atoms with Gasteiger partial charge >= 0.3 is 0 Å². The molecule has 2 aromatic rings. The Morgan fingerprint density at radius 1 is 1.15 bits per heavy atom. The lowest BCUT2D eigenvalue weighted by molar-refractivity contribution is 0.0779. The fourth-order valence-corrected chi connectivity index (χ4v) is 3.89. The third-order valence-electron chi connectivity index (χ3n) is 5.68. The van der Waals surface area contributed by atoms with Crippen molar-refractivity contribution in [2.75, 3.05) is 32.2 Å². The molecule has 0 saturated carbocycles. The van der Waals surface area contributed by atoms with Gasteiger partial charge in [-0.1, -0.05) is 32.0 Å². The SMILES string of the molecule is C/C(=C(/N)CO)N(N)CC(O)COc1ccc(C(C)(C)c2ccc(OCCCCl)c(Br)c2)cc1. The Morgan fingerprint density at radius 3 is 2.38 bits per heavy atom. The smallest absolute Gasteiger partial charge is 0.133 e. The summed E-state index contributed by atoms with van der Waals surface area (Å²) >= 11 is 9.33. The lowest BCUT2D eigenvalue weighted by atomic mass is 9.78. The topological polar surface area (TPSA) is 114 Å². The zero-order chi connectivity index (χ0) is 25.3. The number of alkyl halides is 1. The highest BCUT2D eigenvalue weighted by molar-refractivity contribution is 9.10. The molecule has 0 aliphatic rings. The number of rotatable bonds is 13. The van der Waals surface area contributed by atoms with E-state index in [-0.39, 0.29) is 30.9 Å². The van der Waals surface area contributed by atoms with Gasteiger partial charge in [0.2, 0.25) is 0 Å². The summed E-state index contributed by atoms with van der Waals surface area (Å²) in [7, 11) is 0. The summed E-state index contributed by atoms with van der Waals surface area (Å²) in [5, 5.41) is 20.6. The van der Waals surface area contributed by atoms with Gasteiger partial charge in [0.05, 0.1) is 29.9 Å². The number of hydrogen-bond donors (Lipinski definition) is 4. The number of aliphatic hydroxyl groups is 2. The number of nitrogens with zero attached hydrogens (tertiary/aromatic N) is 1. The summed E-state index contributed by atoms with van der Waals surface area (Å²) in [4.78, 5) is 0. The Hall–Kier alpha value is -1.97. The van der Waals surface area contributed by atoms with Crippen LogP contribution < -0.4 is 21.1 Å². The Morgan fingerprint density at radius 2 is 1.79 bits per heavy atom. The molecule has 188 valence electrons. The second kappa shape index (κ2) is 13.2. The summed E-state index contributed by atoms with van der Waals surface area (Å²) in [5.41, 5.74) is 8.46. The van der Waals surface area contributed by atoms with E-state index in [1.165, 1.54) is 5.01 Å². The van der Waals surface area contributed by atoms with Gasteiger partial charge in [-0.2, -0.15) is 0 Å². The Balaban J connectivity index is 1.99. The van der Waals surface area contributed by atoms with E-state index in [1.54, 1.807) is 6.92 Å². The molecular weight excluding hydrogens is 522 g/mol. The number of allylic oxidation sites excluding steroid dienone is 1. The fraction of sp³-hybridized carbons (Fsp3) is 0.440. The van der Waals surface area contributed by atoms with Crippen LogP contribution in [0, 0.1) is 0 Å². The minimum atomic E-state index is -0.829. The minimum absolute atomic E-state index is 0.0703. The highest BCUT2D eigenvalue weighted by Gasteiger charge is 2.24. The van der Waals surface area contributed by atoms with E-state index in [0.29, 0.717) is 23.9 Å². The van der Waals surface area contributed by atoms with Crippen LogP contribution in [0.15, 0.2) is 58.3 Å². The molecule has 9 heteroatoms. The molecule has 0 aliphatic carbocycles. The molecule has 0 aromatic heterocycles. The van der Waals surface area contributed by atoms with Crippen molar-refractivity contribution in [3.8, 4) is 11.5 Å². The highest BCUT2D eigenvalue weighted by Crippen LogP contribution is 2.36. The molecule has 0 aliphatic heterocycles. The van der Waals surface area contributed by atoms with Crippen molar-refractivity contribution in [1.82, 2.24) is 5.01 Å². The van der Waals surface area contributed by atoms with E-state index in [0.717, 1.165) is 27.8 Å². The standard InChI is InChI=1S/C25H35BrClN3O4/c1-17(23(28)15-31)30(29)14-20(32)16-34-21-8-5-18(6-9-21)25(2,3)19-7-10-24(22(26)13-19)33-12-4-11-27/h5-10,13,20,31-32H,4,11-12,14-16,28-29H2,1-3H3/b23-17-. The van der Waals surface area contributed by atoms with Crippen molar-refractivity contribution in [2.45, 2.75) is 38.7 Å². The molecular formula is C25H35BrClN3O4. The van der Waals surface area contributed by atoms with Crippen LogP contribution in [0.25, 0.3) is 0 Å². The second-order valence-electron chi connectivity index (χ2n) is 8.57. The lowest BCUT2D eigenvalue weighted by Gasteiger charge is -2.27. The molecule has 7 nitrogen and oxygen atoms in total. The van der Waals surface area contributed by atoms with Gasteiger partial charge in [0.25, 0.3) is 0 Å². The molecule has 2 aromatic carbocycles. The first-order valence-electron chi connectivity index (χ1n) is 11.1. The summed E-state index contributed by atoms with van der Waals surface area (Å²) in [6.45, 7) is 6.48. The van der Waals surface area contributed by atoms with Gasteiger partial charge in [0.15, 0.2) is 0 Å². The van der Waals surface area contributed by atoms with Crippen LogP contribution in [-0.4, -0.2) is 53.6 Å². The fourth-order valence-electron chi connectivity index (χ4n) is 3.29. The predicted molar refractivity (Wildman–Crippen MR) is 140 cm³/mol. The normalized spacial score (nSPS) is 13.3. The summed E-state index contributed by atoms with van der Waals surface area (Å²) in [5.74, 6) is 7.91. The number of halogens is 2. The quantitative estimate of drug-likeness (QED) is 0.128. The van der Waals surface area contributed by atoms with E-state index in [2.05, 4.69) is 41.9 Å². The molecule has 1 atom stereocenters. The minimum Gasteiger partial charge on any atom is -0.492 e. The van der Waals surface area contributed by atoms with Gasteiger partial charge < -0.3 is 30.4 Å². The molecule has 34 heavy (non-hydrogen) atoms. The maximum Gasteiger partial charge on any atom is 0.133 e. The Bertz CT molecular complexity index is 954. The third-order valence-corrected chi connectivity index (χ3v) is 6.57. The Kier molecular flexibility index (Phi) is 11.0. The maximum atomic E-state index is 10.2. The predicted octanol–water partition coefficient (Wildman–Crippen LogP) is 3.88. The first-order chi connectivity index (χ1) is 16.1. The van der Waals surface area contributed by atoms with Crippen LogP contribution in [0.3, 0.4) is 0 Å². The van der Waals surface area contributed by atoms with E-state index in [9.17, 15) is 5.11 Å². The largest absolute Gasteiger partial charge is 0.492 e. The van der Waals surface area contributed by atoms with Crippen LogP contribution in [0.1, 0.15) is 38.3 Å².